The zero-order chi connectivity index (χ0) is 21.3. The summed E-state index contributed by atoms with van der Waals surface area (Å²) in [5, 5.41) is 12.9. The number of hydrogen-bond donors (Lipinski definition) is 2. The minimum Gasteiger partial charge on any atom is -0.508 e. The summed E-state index contributed by atoms with van der Waals surface area (Å²) in [5.41, 5.74) is 2.66. The number of benzene rings is 1. The van der Waals surface area contributed by atoms with E-state index in [2.05, 4.69) is 5.32 Å². The van der Waals surface area contributed by atoms with Crippen molar-refractivity contribution in [1.29, 1.82) is 0 Å². The lowest BCUT2D eigenvalue weighted by molar-refractivity contribution is -0.151. The average Bonchev–Trinajstić information content (AvgIpc) is 2.67. The van der Waals surface area contributed by atoms with Crippen LogP contribution < -0.4 is 5.32 Å². The number of aromatic hydroxyl groups is 1. The lowest BCUT2D eigenvalue weighted by atomic mass is 9.69. The number of carbonyl (C=O) groups excluding carboxylic acids is 3. The van der Waals surface area contributed by atoms with Crippen LogP contribution in [0.3, 0.4) is 0 Å². The van der Waals surface area contributed by atoms with Gasteiger partial charge in [-0.25, -0.2) is 4.79 Å². The van der Waals surface area contributed by atoms with Gasteiger partial charge in [0.15, 0.2) is 5.78 Å². The highest BCUT2D eigenvalue weighted by molar-refractivity contribution is 6.12. The van der Waals surface area contributed by atoms with E-state index in [1.165, 1.54) is 19.2 Å². The number of nitrogens with one attached hydrogen (secondary N) is 1. The Morgan fingerprint density at radius 2 is 1.90 bits per heavy atom. The van der Waals surface area contributed by atoms with E-state index in [0.29, 0.717) is 34.5 Å². The summed E-state index contributed by atoms with van der Waals surface area (Å²) >= 11 is 0. The summed E-state index contributed by atoms with van der Waals surface area (Å²) in [6.07, 6.45) is 0.475. The van der Waals surface area contributed by atoms with Crippen LogP contribution in [0.4, 0.5) is 0 Å². The highest BCUT2D eigenvalue weighted by Crippen LogP contribution is 2.45. The Balaban J connectivity index is 2.18. The van der Waals surface area contributed by atoms with E-state index in [0.717, 1.165) is 0 Å². The van der Waals surface area contributed by atoms with Crippen LogP contribution in [0, 0.1) is 11.8 Å². The molecule has 0 bridgehead atoms. The van der Waals surface area contributed by atoms with Gasteiger partial charge in [0, 0.05) is 22.9 Å². The first kappa shape index (κ1) is 20.6. The molecule has 7 nitrogen and oxygen atoms in total. The third-order valence-electron chi connectivity index (χ3n) is 5.46. The summed E-state index contributed by atoms with van der Waals surface area (Å²) in [6, 6.07) is 6.34. The number of hydrogen-bond acceptors (Lipinski definition) is 7. The summed E-state index contributed by atoms with van der Waals surface area (Å²) < 4.78 is 10.1. The van der Waals surface area contributed by atoms with Crippen LogP contribution in [0.15, 0.2) is 46.8 Å². The molecule has 1 aliphatic carbocycles. The number of carbonyl (C=O) groups is 3. The number of methoxy groups -OCH3 is 1. The lowest BCUT2D eigenvalue weighted by Crippen LogP contribution is -2.43. The molecule has 1 aromatic rings. The first-order valence-electron chi connectivity index (χ1n) is 9.59. The van der Waals surface area contributed by atoms with Crippen molar-refractivity contribution in [2.24, 2.45) is 11.8 Å². The maximum atomic E-state index is 13.4. The SMILES string of the molecule is CCOC(=O)C1=C(C)NC2=C(C(=O)[C@H](C(=O)OC)[C@@H](C)C2)[C@H]1c1ccc(O)cc1. The number of Topliss-reactive ketones (excluding diaryl/α,β-unsaturated/α-hetero) is 1. The Morgan fingerprint density at radius 3 is 2.48 bits per heavy atom. The Morgan fingerprint density at radius 1 is 1.24 bits per heavy atom. The van der Waals surface area contributed by atoms with Crippen LogP contribution in [0.25, 0.3) is 0 Å². The molecule has 0 aromatic heterocycles. The van der Waals surface area contributed by atoms with E-state index < -0.39 is 23.8 Å². The second-order valence-corrected chi connectivity index (χ2v) is 7.35. The monoisotopic (exact) mass is 399 g/mol. The zero-order valence-electron chi connectivity index (χ0n) is 16.9. The normalized spacial score (nSPS) is 24.0. The molecule has 0 spiro atoms. The van der Waals surface area contributed by atoms with Crippen molar-refractivity contribution in [3.05, 3.63) is 52.4 Å². The lowest BCUT2D eigenvalue weighted by Gasteiger charge is -2.38. The molecule has 3 atom stereocenters. The quantitative estimate of drug-likeness (QED) is 0.593. The maximum Gasteiger partial charge on any atom is 0.336 e. The summed E-state index contributed by atoms with van der Waals surface area (Å²) in [6.45, 7) is 5.51. The van der Waals surface area contributed by atoms with Crippen LogP contribution in [0.1, 0.15) is 38.7 Å². The zero-order valence-corrected chi connectivity index (χ0v) is 16.9. The van der Waals surface area contributed by atoms with Crippen LogP contribution in [-0.4, -0.2) is 36.5 Å². The minimum atomic E-state index is -0.929. The molecule has 2 N–H and O–H groups in total. The molecule has 154 valence electrons. The van der Waals surface area contributed by atoms with Gasteiger partial charge in [0.1, 0.15) is 11.7 Å². The van der Waals surface area contributed by atoms with E-state index in [4.69, 9.17) is 9.47 Å². The van der Waals surface area contributed by atoms with E-state index >= 15 is 0 Å². The number of allylic oxidation sites excluding steroid dienone is 3. The Bertz CT molecular complexity index is 912. The molecular weight excluding hydrogens is 374 g/mol. The molecule has 0 amide bonds. The van der Waals surface area contributed by atoms with Gasteiger partial charge in [0.2, 0.25) is 0 Å². The molecule has 0 saturated carbocycles. The number of ether oxygens (including phenoxy) is 2. The van der Waals surface area contributed by atoms with Crippen LogP contribution in [0.2, 0.25) is 0 Å². The molecule has 1 heterocycles. The van der Waals surface area contributed by atoms with Crippen molar-refractivity contribution >= 4 is 17.7 Å². The molecule has 1 aliphatic heterocycles. The molecule has 3 rings (SSSR count). The predicted molar refractivity (Wildman–Crippen MR) is 105 cm³/mol. The van der Waals surface area contributed by atoms with Gasteiger partial charge in [0.25, 0.3) is 0 Å². The largest absolute Gasteiger partial charge is 0.508 e. The number of ketones is 1. The highest BCUT2D eigenvalue weighted by atomic mass is 16.5. The first-order chi connectivity index (χ1) is 13.8. The van der Waals surface area contributed by atoms with Crippen molar-refractivity contribution in [1.82, 2.24) is 5.32 Å². The van der Waals surface area contributed by atoms with E-state index in [9.17, 15) is 19.5 Å². The van der Waals surface area contributed by atoms with Gasteiger partial charge in [0.05, 0.1) is 19.3 Å². The average molecular weight is 399 g/mol. The number of esters is 2. The molecule has 1 aromatic carbocycles. The summed E-state index contributed by atoms with van der Waals surface area (Å²) in [7, 11) is 1.26. The van der Waals surface area contributed by atoms with Crippen molar-refractivity contribution in [2.45, 2.75) is 33.1 Å². The number of phenols is 1. The third-order valence-corrected chi connectivity index (χ3v) is 5.46. The van der Waals surface area contributed by atoms with Gasteiger partial charge in [-0.1, -0.05) is 19.1 Å². The molecule has 0 saturated heterocycles. The van der Waals surface area contributed by atoms with Gasteiger partial charge < -0.3 is 19.9 Å². The van der Waals surface area contributed by atoms with E-state index in [1.54, 1.807) is 26.0 Å². The maximum absolute atomic E-state index is 13.4. The van der Waals surface area contributed by atoms with Crippen molar-refractivity contribution in [3.63, 3.8) is 0 Å². The number of dihydropyridines is 1. The molecule has 0 unspecified atom stereocenters. The Hall–Kier alpha value is -3.09. The van der Waals surface area contributed by atoms with Crippen molar-refractivity contribution < 1.29 is 29.0 Å². The van der Waals surface area contributed by atoms with Crippen molar-refractivity contribution in [3.8, 4) is 5.75 Å². The van der Waals surface area contributed by atoms with E-state index in [-0.39, 0.29) is 24.1 Å². The molecule has 29 heavy (non-hydrogen) atoms. The fourth-order valence-electron chi connectivity index (χ4n) is 4.16. The van der Waals surface area contributed by atoms with E-state index in [1.807, 2.05) is 6.92 Å². The smallest absolute Gasteiger partial charge is 0.336 e. The molecule has 2 aliphatic rings. The molecule has 0 radical (unpaired) electrons. The third kappa shape index (κ3) is 3.64. The Labute approximate surface area is 169 Å². The number of phenolic OH excluding ortho intramolecular Hbond substituents is 1. The predicted octanol–water partition coefficient (Wildman–Crippen LogP) is 2.57. The van der Waals surface area contributed by atoms with Crippen LogP contribution in [-0.2, 0) is 23.9 Å². The standard InChI is InChI=1S/C22H25NO6/c1-5-29-22(27)17-12(3)23-15-10-11(2)16(21(26)28-4)20(25)19(15)18(17)13-6-8-14(24)9-7-13/h6-9,11,16,18,23-24H,5,10H2,1-4H3/t11-,16+,18-/m0/s1. The first-order valence-corrected chi connectivity index (χ1v) is 9.59. The van der Waals surface area contributed by atoms with Crippen LogP contribution in [0.5, 0.6) is 5.75 Å². The molecule has 7 heteroatoms. The van der Waals surface area contributed by atoms with Gasteiger partial charge >= 0.3 is 11.9 Å². The topological polar surface area (TPSA) is 102 Å². The highest BCUT2D eigenvalue weighted by Gasteiger charge is 2.47. The number of rotatable bonds is 4. The van der Waals surface area contributed by atoms with Gasteiger partial charge in [-0.15, -0.1) is 0 Å². The second-order valence-electron chi connectivity index (χ2n) is 7.35. The van der Waals surface area contributed by atoms with Gasteiger partial charge in [-0.3, -0.25) is 9.59 Å². The fourth-order valence-corrected chi connectivity index (χ4v) is 4.16. The molecule has 0 fully saturated rings. The second kappa shape index (κ2) is 8.11. The van der Waals surface area contributed by atoms with Crippen LogP contribution >= 0.6 is 0 Å². The van der Waals surface area contributed by atoms with Gasteiger partial charge in [-0.2, -0.15) is 0 Å². The van der Waals surface area contributed by atoms with Crippen molar-refractivity contribution in [2.75, 3.05) is 13.7 Å². The summed E-state index contributed by atoms with van der Waals surface area (Å²) in [4.78, 5) is 38.5. The fraction of sp³-hybridized carbons (Fsp3) is 0.409. The summed E-state index contributed by atoms with van der Waals surface area (Å²) in [5.74, 6) is -3.25. The molecular formula is C22H25NO6. The minimum absolute atomic E-state index is 0.0753. The Kier molecular flexibility index (Phi) is 5.77. The van der Waals surface area contributed by atoms with Gasteiger partial charge in [-0.05, 0) is 43.9 Å².